The fourth-order valence-corrected chi connectivity index (χ4v) is 4.45. The molecule has 2 amide bonds. The molecule has 0 radical (unpaired) electrons. The van der Waals surface area contributed by atoms with Crippen LogP contribution in [0.4, 0.5) is 5.69 Å². The smallest absolute Gasteiger partial charge is 0.335 e. The van der Waals surface area contributed by atoms with Gasteiger partial charge in [-0.05, 0) is 94.8 Å². The summed E-state index contributed by atoms with van der Waals surface area (Å²) in [6.45, 7) is 2.13. The van der Waals surface area contributed by atoms with Crippen molar-refractivity contribution in [2.24, 2.45) is 0 Å². The molecule has 2 N–H and O–H groups in total. The van der Waals surface area contributed by atoms with Gasteiger partial charge in [-0.25, -0.2) is 4.79 Å². The quantitative estimate of drug-likeness (QED) is 0.185. The van der Waals surface area contributed by atoms with E-state index in [4.69, 9.17) is 22.1 Å². The number of carboxylic acid groups (broad SMARTS) is 1. The highest BCUT2D eigenvalue weighted by molar-refractivity contribution is 14.1. The Bertz CT molecular complexity index is 1380. The maximum absolute atomic E-state index is 13.2. The number of para-hydroxylation sites is 1. The van der Waals surface area contributed by atoms with Crippen molar-refractivity contribution in [1.82, 2.24) is 5.32 Å². The molecule has 3 aromatic carbocycles. The minimum atomic E-state index is -0.981. The van der Waals surface area contributed by atoms with Crippen LogP contribution in [0.5, 0.6) is 5.75 Å². The molecule has 0 unspecified atom stereocenters. The van der Waals surface area contributed by atoms with Gasteiger partial charge in [0.1, 0.15) is 17.9 Å². The Morgan fingerprint density at radius 2 is 1.83 bits per heavy atom. The monoisotopic (exact) mass is 598 g/mol. The summed E-state index contributed by atoms with van der Waals surface area (Å²) in [4.78, 5) is 38.1. The van der Waals surface area contributed by atoms with Gasteiger partial charge in [0.25, 0.3) is 11.8 Å². The molecule has 1 aliphatic rings. The Kier molecular flexibility index (Phi) is 7.27. The third kappa shape index (κ3) is 5.41. The van der Waals surface area contributed by atoms with Crippen molar-refractivity contribution in [2.45, 2.75) is 13.5 Å². The minimum absolute atomic E-state index is 0.0233. The van der Waals surface area contributed by atoms with Crippen LogP contribution < -0.4 is 15.0 Å². The second-order valence-corrected chi connectivity index (χ2v) is 9.27. The summed E-state index contributed by atoms with van der Waals surface area (Å²) in [5, 5.41) is 11.6. The van der Waals surface area contributed by atoms with Gasteiger partial charge >= 0.3 is 5.97 Å². The van der Waals surface area contributed by atoms with Crippen LogP contribution in [0.15, 0.2) is 72.3 Å². The molecule has 0 bridgehead atoms. The van der Waals surface area contributed by atoms with Gasteiger partial charge in [0.05, 0.1) is 14.8 Å². The van der Waals surface area contributed by atoms with Gasteiger partial charge in [-0.15, -0.1) is 0 Å². The van der Waals surface area contributed by atoms with Crippen molar-refractivity contribution >= 4 is 69.5 Å². The Hall–Kier alpha value is -3.57. The van der Waals surface area contributed by atoms with Crippen LogP contribution in [0.3, 0.4) is 0 Å². The molecule has 0 atom stereocenters. The second-order valence-electron chi connectivity index (χ2n) is 7.72. The highest BCUT2D eigenvalue weighted by atomic mass is 127. The van der Waals surface area contributed by atoms with Crippen molar-refractivity contribution in [1.29, 1.82) is 0 Å². The second kappa shape index (κ2) is 10.4. The van der Waals surface area contributed by atoms with Crippen molar-refractivity contribution in [2.75, 3.05) is 4.90 Å². The molecule has 0 aromatic heterocycles. The van der Waals surface area contributed by atoms with Crippen LogP contribution in [0.1, 0.15) is 27.0 Å². The largest absolute Gasteiger partial charge is 0.488 e. The van der Waals surface area contributed by atoms with E-state index in [0.717, 1.165) is 14.7 Å². The van der Waals surface area contributed by atoms with E-state index < -0.39 is 17.8 Å². The lowest BCUT2D eigenvalue weighted by Gasteiger charge is -2.30. The molecule has 1 fully saturated rings. The number of halogens is 1. The fraction of sp³-hybridized carbons (Fsp3) is 0.0769. The van der Waals surface area contributed by atoms with E-state index >= 15 is 0 Å². The molecule has 35 heavy (non-hydrogen) atoms. The van der Waals surface area contributed by atoms with Crippen LogP contribution in [-0.2, 0) is 16.2 Å². The summed E-state index contributed by atoms with van der Waals surface area (Å²) in [5.74, 6) is -1.40. The number of amides is 2. The molecule has 176 valence electrons. The average molecular weight is 598 g/mol. The fourth-order valence-electron chi connectivity index (χ4n) is 3.49. The van der Waals surface area contributed by atoms with Crippen LogP contribution in [0.25, 0.3) is 6.08 Å². The van der Waals surface area contributed by atoms with E-state index in [1.807, 2.05) is 25.1 Å². The molecule has 9 heteroatoms. The number of aryl methyl sites for hydroxylation is 1. The highest BCUT2D eigenvalue weighted by Gasteiger charge is 2.35. The predicted molar refractivity (Wildman–Crippen MR) is 144 cm³/mol. The lowest BCUT2D eigenvalue weighted by Crippen LogP contribution is -2.54. The van der Waals surface area contributed by atoms with Gasteiger partial charge in [-0.1, -0.05) is 36.4 Å². The molecular formula is C26H19IN2O5S. The first kappa shape index (κ1) is 24.6. The molecule has 1 aliphatic heterocycles. The third-order valence-electron chi connectivity index (χ3n) is 5.32. The predicted octanol–water partition coefficient (Wildman–Crippen LogP) is 4.71. The first-order valence-corrected chi connectivity index (χ1v) is 11.9. The third-order valence-corrected chi connectivity index (χ3v) is 6.45. The number of aromatic carboxylic acids is 1. The van der Waals surface area contributed by atoms with E-state index in [-0.39, 0.29) is 22.9 Å². The molecule has 0 aliphatic carbocycles. The Morgan fingerprint density at radius 1 is 1.11 bits per heavy atom. The Balaban J connectivity index is 1.53. The first-order chi connectivity index (χ1) is 16.7. The molecule has 4 rings (SSSR count). The summed E-state index contributed by atoms with van der Waals surface area (Å²) in [6, 6.07) is 19.1. The van der Waals surface area contributed by atoms with Crippen molar-refractivity contribution < 1.29 is 24.2 Å². The van der Waals surface area contributed by atoms with Gasteiger partial charge in [-0.2, -0.15) is 0 Å². The summed E-state index contributed by atoms with van der Waals surface area (Å²) in [6.07, 6.45) is 1.53. The Labute approximate surface area is 220 Å². The van der Waals surface area contributed by atoms with Gasteiger partial charge in [0, 0.05) is 0 Å². The SMILES string of the molecule is Cc1ccccc1N1C(=O)/C(=C/c2ccc(OCc3ccc(C(=O)O)cc3)c(I)c2)C(=O)NC1=S. The van der Waals surface area contributed by atoms with Gasteiger partial charge in [0.2, 0.25) is 0 Å². The molecule has 1 heterocycles. The zero-order valence-electron chi connectivity index (χ0n) is 18.4. The topological polar surface area (TPSA) is 95.9 Å². The lowest BCUT2D eigenvalue weighted by atomic mass is 10.1. The summed E-state index contributed by atoms with van der Waals surface area (Å²) in [5.41, 5.74) is 3.14. The number of nitrogens with zero attached hydrogens (tertiary/aromatic N) is 1. The first-order valence-electron chi connectivity index (χ1n) is 10.5. The number of nitrogens with one attached hydrogen (secondary N) is 1. The number of rotatable bonds is 6. The standard InChI is InChI=1S/C26H19IN2O5S/c1-15-4-2-3-5-21(15)29-24(31)19(23(30)28-26(29)35)12-17-8-11-22(20(27)13-17)34-14-16-6-9-18(10-7-16)25(32)33/h2-13H,14H2,1H3,(H,32,33)(H,28,30,35)/b19-12+. The van der Waals surface area contributed by atoms with Gasteiger partial charge < -0.3 is 9.84 Å². The van der Waals surface area contributed by atoms with E-state index in [1.165, 1.54) is 23.1 Å². The Morgan fingerprint density at radius 3 is 2.49 bits per heavy atom. The van der Waals surface area contributed by atoms with Gasteiger partial charge in [0.15, 0.2) is 5.11 Å². The molecule has 1 saturated heterocycles. The van der Waals surface area contributed by atoms with Crippen LogP contribution >= 0.6 is 34.8 Å². The number of ether oxygens (including phenoxy) is 1. The lowest BCUT2D eigenvalue weighted by molar-refractivity contribution is -0.122. The number of anilines is 1. The molecule has 3 aromatic rings. The van der Waals surface area contributed by atoms with Crippen molar-refractivity contribution in [3.8, 4) is 5.75 Å². The highest BCUT2D eigenvalue weighted by Crippen LogP contribution is 2.27. The van der Waals surface area contributed by atoms with E-state index in [2.05, 4.69) is 27.9 Å². The molecule has 0 spiro atoms. The zero-order valence-corrected chi connectivity index (χ0v) is 21.4. The maximum Gasteiger partial charge on any atom is 0.335 e. The van der Waals surface area contributed by atoms with Crippen LogP contribution in [-0.4, -0.2) is 28.0 Å². The average Bonchev–Trinajstić information content (AvgIpc) is 2.82. The van der Waals surface area contributed by atoms with Crippen molar-refractivity contribution in [3.05, 3.63) is 98.1 Å². The summed E-state index contributed by atoms with van der Waals surface area (Å²) >= 11 is 7.39. The number of thiocarbonyl (C=S) groups is 1. The van der Waals surface area contributed by atoms with E-state index in [1.54, 1.807) is 36.4 Å². The molecule has 7 nitrogen and oxygen atoms in total. The van der Waals surface area contributed by atoms with E-state index in [9.17, 15) is 14.4 Å². The number of carboxylic acids is 1. The minimum Gasteiger partial charge on any atom is -0.488 e. The normalized spacial score (nSPS) is 14.7. The zero-order chi connectivity index (χ0) is 25.1. The van der Waals surface area contributed by atoms with Crippen LogP contribution in [0, 0.1) is 10.5 Å². The number of hydrogen-bond acceptors (Lipinski definition) is 5. The number of benzene rings is 3. The summed E-state index contributed by atoms with van der Waals surface area (Å²) in [7, 11) is 0. The number of hydrogen-bond donors (Lipinski definition) is 2. The summed E-state index contributed by atoms with van der Waals surface area (Å²) < 4.78 is 6.65. The molecule has 0 saturated carbocycles. The van der Waals surface area contributed by atoms with Crippen LogP contribution in [0.2, 0.25) is 0 Å². The van der Waals surface area contributed by atoms with Gasteiger partial charge in [-0.3, -0.25) is 19.8 Å². The molecular weight excluding hydrogens is 579 g/mol. The van der Waals surface area contributed by atoms with E-state index in [0.29, 0.717) is 17.0 Å². The number of carbonyl (C=O) groups excluding carboxylic acids is 2. The maximum atomic E-state index is 13.2. The van der Waals surface area contributed by atoms with Crippen molar-refractivity contribution in [3.63, 3.8) is 0 Å². The number of carbonyl (C=O) groups is 3.